The summed E-state index contributed by atoms with van der Waals surface area (Å²) in [6, 6.07) is 0. The van der Waals surface area contributed by atoms with Crippen LogP contribution in [0.4, 0.5) is 0 Å². The summed E-state index contributed by atoms with van der Waals surface area (Å²) in [4.78, 5) is 27.2. The van der Waals surface area contributed by atoms with E-state index in [0.717, 1.165) is 17.7 Å². The van der Waals surface area contributed by atoms with Crippen LogP contribution in [0, 0.1) is 12.3 Å². The van der Waals surface area contributed by atoms with Gasteiger partial charge in [-0.15, -0.1) is 0 Å². The molecule has 1 N–H and O–H groups in total. The summed E-state index contributed by atoms with van der Waals surface area (Å²) < 4.78 is 5.89. The van der Waals surface area contributed by atoms with Crippen molar-refractivity contribution in [3.05, 3.63) is 40.1 Å². The number of Topliss-reactive ketones (excluding diaryl/α,β-unsaturated/α-hetero) is 1. The predicted molar refractivity (Wildman–Crippen MR) is 86.9 cm³/mol. The molecular formula is C18H21N3O3. The number of hydrogen-bond donors (Lipinski definition) is 1. The molecule has 0 saturated carbocycles. The van der Waals surface area contributed by atoms with Crippen molar-refractivity contribution >= 4 is 11.7 Å². The van der Waals surface area contributed by atoms with Crippen molar-refractivity contribution in [3.8, 4) is 0 Å². The Morgan fingerprint density at radius 2 is 2.17 bits per heavy atom. The number of furan rings is 1. The van der Waals surface area contributed by atoms with E-state index >= 15 is 0 Å². The van der Waals surface area contributed by atoms with Gasteiger partial charge in [-0.05, 0) is 12.3 Å². The maximum absolute atomic E-state index is 12.9. The number of ketones is 1. The molecule has 0 unspecified atom stereocenters. The van der Waals surface area contributed by atoms with Gasteiger partial charge in [-0.3, -0.25) is 14.7 Å². The minimum atomic E-state index is -0.139. The van der Waals surface area contributed by atoms with Gasteiger partial charge in [0.05, 0.1) is 11.8 Å². The summed E-state index contributed by atoms with van der Waals surface area (Å²) in [6.07, 6.45) is 3.71. The van der Waals surface area contributed by atoms with Crippen molar-refractivity contribution in [2.24, 2.45) is 5.41 Å². The zero-order valence-electron chi connectivity index (χ0n) is 14.2. The summed E-state index contributed by atoms with van der Waals surface area (Å²) >= 11 is 0. The van der Waals surface area contributed by atoms with Gasteiger partial charge in [0.1, 0.15) is 5.76 Å². The van der Waals surface area contributed by atoms with Crippen LogP contribution in [0.1, 0.15) is 63.8 Å². The lowest BCUT2D eigenvalue weighted by Gasteiger charge is -2.27. The summed E-state index contributed by atoms with van der Waals surface area (Å²) in [6.45, 7) is 7.07. The first-order valence-corrected chi connectivity index (χ1v) is 8.31. The molecule has 2 aliphatic rings. The summed E-state index contributed by atoms with van der Waals surface area (Å²) in [5, 5.41) is 7.00. The second-order valence-corrected chi connectivity index (χ2v) is 7.65. The third-order valence-corrected chi connectivity index (χ3v) is 5.06. The fourth-order valence-electron chi connectivity index (χ4n) is 3.83. The highest BCUT2D eigenvalue weighted by Crippen LogP contribution is 2.38. The van der Waals surface area contributed by atoms with Crippen LogP contribution in [-0.2, 0) is 19.4 Å². The number of carbonyl (C=O) groups excluding carboxylic acids is 2. The number of H-pyrrole nitrogens is 1. The number of hydrogen-bond acceptors (Lipinski definition) is 4. The van der Waals surface area contributed by atoms with E-state index < -0.39 is 0 Å². The zero-order chi connectivity index (χ0) is 17.1. The van der Waals surface area contributed by atoms with E-state index in [4.69, 9.17) is 4.42 Å². The minimum absolute atomic E-state index is 0.0808. The highest BCUT2D eigenvalue weighted by atomic mass is 16.4. The van der Waals surface area contributed by atoms with Gasteiger partial charge in [0.2, 0.25) is 0 Å². The first kappa shape index (κ1) is 15.2. The van der Waals surface area contributed by atoms with E-state index in [2.05, 4.69) is 24.0 Å². The average Bonchev–Trinajstić information content (AvgIpc) is 3.09. The normalized spacial score (nSPS) is 19.1. The van der Waals surface area contributed by atoms with E-state index in [-0.39, 0.29) is 17.1 Å². The molecule has 126 valence electrons. The molecule has 6 heteroatoms. The Labute approximate surface area is 140 Å². The van der Waals surface area contributed by atoms with E-state index in [1.165, 1.54) is 0 Å². The summed E-state index contributed by atoms with van der Waals surface area (Å²) in [7, 11) is 0. The van der Waals surface area contributed by atoms with Crippen molar-refractivity contribution in [1.29, 1.82) is 0 Å². The van der Waals surface area contributed by atoms with Gasteiger partial charge >= 0.3 is 0 Å². The van der Waals surface area contributed by atoms with Gasteiger partial charge < -0.3 is 9.32 Å². The van der Waals surface area contributed by atoms with Gasteiger partial charge in [-0.2, -0.15) is 5.10 Å². The highest BCUT2D eigenvalue weighted by molar-refractivity contribution is 6.03. The Morgan fingerprint density at radius 3 is 2.96 bits per heavy atom. The molecule has 0 fully saturated rings. The number of aromatic amines is 1. The number of nitrogens with one attached hydrogen (secondary N) is 1. The Hall–Kier alpha value is -2.37. The van der Waals surface area contributed by atoms with Gasteiger partial charge in [-0.25, -0.2) is 0 Å². The average molecular weight is 327 g/mol. The molecule has 0 aromatic carbocycles. The van der Waals surface area contributed by atoms with Crippen LogP contribution in [0.15, 0.2) is 10.6 Å². The number of carbonyl (C=O) groups is 2. The van der Waals surface area contributed by atoms with Gasteiger partial charge in [0.25, 0.3) is 5.91 Å². The van der Waals surface area contributed by atoms with Crippen LogP contribution < -0.4 is 0 Å². The van der Waals surface area contributed by atoms with Crippen LogP contribution in [0.25, 0.3) is 0 Å². The molecule has 1 aliphatic carbocycles. The molecule has 3 heterocycles. The Kier molecular flexibility index (Phi) is 3.20. The number of fused-ring (bicyclic) bond motifs is 2. The maximum atomic E-state index is 12.9. The third-order valence-electron chi connectivity index (χ3n) is 5.06. The first-order chi connectivity index (χ1) is 11.4. The lowest BCUT2D eigenvalue weighted by atomic mass is 9.76. The molecule has 6 nitrogen and oxygen atoms in total. The second-order valence-electron chi connectivity index (χ2n) is 7.65. The maximum Gasteiger partial charge on any atom is 0.290 e. The highest BCUT2D eigenvalue weighted by Gasteiger charge is 2.38. The molecule has 0 saturated heterocycles. The SMILES string of the molecule is Cc1c(C(=O)N2CCc3[nH]ncc3C2)oc2c1C(=O)CC(C)(C)C2. The molecule has 0 bridgehead atoms. The van der Waals surface area contributed by atoms with Crippen molar-refractivity contribution < 1.29 is 14.0 Å². The predicted octanol–water partition coefficient (Wildman–Crippen LogP) is 2.66. The molecular weight excluding hydrogens is 306 g/mol. The smallest absolute Gasteiger partial charge is 0.290 e. The molecule has 0 radical (unpaired) electrons. The monoisotopic (exact) mass is 327 g/mol. The van der Waals surface area contributed by atoms with Crippen molar-refractivity contribution in [1.82, 2.24) is 15.1 Å². The standard InChI is InChI=1S/C18H21N3O3/c1-10-15-13(22)6-18(2,3)7-14(15)24-16(10)17(23)21-5-4-12-11(9-21)8-19-20-12/h8H,4-7,9H2,1-3H3,(H,19,20). The van der Waals surface area contributed by atoms with Gasteiger partial charge in [0, 0.05) is 49.2 Å². The zero-order valence-corrected chi connectivity index (χ0v) is 14.2. The molecule has 1 amide bonds. The van der Waals surface area contributed by atoms with Crippen LogP contribution in [0.2, 0.25) is 0 Å². The number of rotatable bonds is 1. The quantitative estimate of drug-likeness (QED) is 0.873. The molecule has 24 heavy (non-hydrogen) atoms. The van der Waals surface area contributed by atoms with Crippen LogP contribution in [0.3, 0.4) is 0 Å². The molecule has 0 atom stereocenters. The lowest BCUT2D eigenvalue weighted by Crippen LogP contribution is -2.35. The van der Waals surface area contributed by atoms with Gasteiger partial charge in [-0.1, -0.05) is 13.8 Å². The van der Waals surface area contributed by atoms with Crippen molar-refractivity contribution in [2.45, 2.75) is 46.6 Å². The molecule has 1 aliphatic heterocycles. The molecule has 2 aromatic rings. The number of nitrogens with zero attached hydrogens (tertiary/aromatic N) is 2. The van der Waals surface area contributed by atoms with Crippen LogP contribution in [-0.4, -0.2) is 33.3 Å². The van der Waals surface area contributed by atoms with Crippen molar-refractivity contribution in [2.75, 3.05) is 6.54 Å². The summed E-state index contributed by atoms with van der Waals surface area (Å²) in [5.41, 5.74) is 3.32. The largest absolute Gasteiger partial charge is 0.455 e. The molecule has 0 spiro atoms. The Balaban J connectivity index is 1.66. The fourth-order valence-corrected chi connectivity index (χ4v) is 3.83. The Morgan fingerprint density at radius 1 is 1.38 bits per heavy atom. The van der Waals surface area contributed by atoms with Gasteiger partial charge in [0.15, 0.2) is 11.5 Å². The lowest BCUT2D eigenvalue weighted by molar-refractivity contribution is 0.0696. The van der Waals surface area contributed by atoms with Crippen LogP contribution in [0.5, 0.6) is 0 Å². The third kappa shape index (κ3) is 2.28. The second kappa shape index (κ2) is 5.06. The van der Waals surface area contributed by atoms with E-state index in [1.54, 1.807) is 11.1 Å². The fraction of sp³-hybridized carbons (Fsp3) is 0.500. The number of aromatic nitrogens is 2. The van der Waals surface area contributed by atoms with E-state index in [9.17, 15) is 9.59 Å². The molecule has 4 rings (SSSR count). The van der Waals surface area contributed by atoms with E-state index in [0.29, 0.717) is 48.6 Å². The van der Waals surface area contributed by atoms with E-state index in [1.807, 2.05) is 6.92 Å². The number of amides is 1. The topological polar surface area (TPSA) is 79.2 Å². The summed E-state index contributed by atoms with van der Waals surface area (Å²) in [5.74, 6) is 0.924. The van der Waals surface area contributed by atoms with Crippen LogP contribution >= 0.6 is 0 Å². The Bertz CT molecular complexity index is 844. The van der Waals surface area contributed by atoms with Crippen molar-refractivity contribution in [3.63, 3.8) is 0 Å². The first-order valence-electron chi connectivity index (χ1n) is 8.31. The minimum Gasteiger partial charge on any atom is -0.455 e. The molecule has 2 aromatic heterocycles.